The molecule has 2 heterocycles. The molecular weight excluding hydrogens is 296 g/mol. The first-order valence-corrected chi connectivity index (χ1v) is 7.37. The van der Waals surface area contributed by atoms with Gasteiger partial charge in [-0.3, -0.25) is 0 Å². The van der Waals surface area contributed by atoms with E-state index < -0.39 is 28.7 Å². The van der Waals surface area contributed by atoms with Crippen molar-refractivity contribution in [1.82, 2.24) is 19.6 Å². The number of fused-ring (bicyclic) bond motifs is 3. The van der Waals surface area contributed by atoms with Gasteiger partial charge in [0.1, 0.15) is 5.75 Å². The standard InChI is InChI=1S/C12H10N4O4S/c1-2-21(20)6-3-4-8-7(5-6)10-14-9(11(17)18)15-16(10)12(19)13-8/h3-5H,2H2,1H3,(H,13,19)(H,17,18). The van der Waals surface area contributed by atoms with Crippen LogP contribution in [0, 0.1) is 0 Å². The molecule has 1 aromatic carbocycles. The number of carboxylic acid groups (broad SMARTS) is 1. The predicted molar refractivity (Wildman–Crippen MR) is 75.0 cm³/mol. The molecule has 0 aliphatic heterocycles. The van der Waals surface area contributed by atoms with Gasteiger partial charge in [-0.2, -0.15) is 4.52 Å². The van der Waals surface area contributed by atoms with Crippen molar-refractivity contribution in [2.24, 2.45) is 0 Å². The van der Waals surface area contributed by atoms with Gasteiger partial charge in [-0.1, -0.05) is 0 Å². The number of rotatable bonds is 3. The maximum atomic E-state index is 11.9. The highest BCUT2D eigenvalue weighted by Crippen LogP contribution is 2.20. The number of carbonyl (C=O) groups is 1. The summed E-state index contributed by atoms with van der Waals surface area (Å²) >= 11 is -1.16. The molecule has 1 atom stereocenters. The number of benzene rings is 1. The minimum absolute atomic E-state index is 0.126. The average Bonchev–Trinajstić information content (AvgIpc) is 2.92. The van der Waals surface area contributed by atoms with Gasteiger partial charge >= 0.3 is 11.7 Å². The highest BCUT2D eigenvalue weighted by atomic mass is 32.2. The summed E-state index contributed by atoms with van der Waals surface area (Å²) in [6.07, 6.45) is 0. The molecule has 0 saturated heterocycles. The van der Waals surface area contributed by atoms with Crippen LogP contribution in [0.2, 0.25) is 0 Å². The van der Waals surface area contributed by atoms with E-state index in [1.165, 1.54) is 0 Å². The Hall–Kier alpha value is -2.39. The Morgan fingerprint density at radius 3 is 2.95 bits per heavy atom. The molecule has 0 aliphatic carbocycles. The van der Waals surface area contributed by atoms with Crippen LogP contribution in [0.25, 0.3) is 16.6 Å². The van der Waals surface area contributed by atoms with Crippen LogP contribution in [0.1, 0.15) is 17.5 Å². The van der Waals surface area contributed by atoms with Gasteiger partial charge in [0.2, 0.25) is 0 Å². The lowest BCUT2D eigenvalue weighted by Crippen LogP contribution is -2.18. The Bertz CT molecular complexity index is 917. The van der Waals surface area contributed by atoms with E-state index in [4.69, 9.17) is 5.11 Å². The second-order valence-corrected chi connectivity index (χ2v) is 5.99. The van der Waals surface area contributed by atoms with Crippen LogP contribution in [0.5, 0.6) is 0 Å². The Labute approximate surface area is 120 Å². The van der Waals surface area contributed by atoms with E-state index in [-0.39, 0.29) is 5.65 Å². The maximum Gasteiger partial charge on any atom is 0.375 e. The zero-order chi connectivity index (χ0) is 15.1. The van der Waals surface area contributed by atoms with Crippen LogP contribution in [-0.4, -0.2) is 41.0 Å². The smallest absolute Gasteiger partial charge is 0.375 e. The third-order valence-electron chi connectivity index (χ3n) is 2.99. The third kappa shape index (κ3) is 2.16. The number of aromatic amines is 1. The molecule has 9 heteroatoms. The summed E-state index contributed by atoms with van der Waals surface area (Å²) in [6.45, 7) is 1.79. The number of nitrogens with one attached hydrogen (secondary N) is 1. The van der Waals surface area contributed by atoms with Crippen LogP contribution in [0.3, 0.4) is 0 Å². The molecule has 3 aromatic rings. The van der Waals surface area contributed by atoms with Crippen molar-refractivity contribution in [3.63, 3.8) is 0 Å². The van der Waals surface area contributed by atoms with Gasteiger partial charge in [0, 0.05) is 11.5 Å². The maximum absolute atomic E-state index is 11.9. The quantitative estimate of drug-likeness (QED) is 0.675. The van der Waals surface area contributed by atoms with E-state index in [0.717, 1.165) is 4.52 Å². The van der Waals surface area contributed by atoms with Crippen molar-refractivity contribution in [2.75, 3.05) is 5.75 Å². The Morgan fingerprint density at radius 1 is 1.52 bits per heavy atom. The SMILES string of the molecule is CC[S+]([O-])c1ccc2[nH]c(=O)n3nc(C(=O)O)nc3c2c1. The van der Waals surface area contributed by atoms with E-state index in [1.54, 1.807) is 25.1 Å². The van der Waals surface area contributed by atoms with E-state index in [9.17, 15) is 14.1 Å². The highest BCUT2D eigenvalue weighted by molar-refractivity contribution is 7.91. The molecule has 2 N–H and O–H groups in total. The topological polar surface area (TPSA) is 123 Å². The summed E-state index contributed by atoms with van der Waals surface area (Å²) in [7, 11) is 0. The molecule has 2 aromatic heterocycles. The molecule has 3 rings (SSSR count). The number of carboxylic acids is 1. The first-order chi connectivity index (χ1) is 10.0. The summed E-state index contributed by atoms with van der Waals surface area (Å²) in [4.78, 5) is 29.8. The molecule has 21 heavy (non-hydrogen) atoms. The molecule has 8 nitrogen and oxygen atoms in total. The van der Waals surface area contributed by atoms with Gasteiger partial charge < -0.3 is 14.6 Å². The number of aromatic carboxylic acids is 1. The summed E-state index contributed by atoms with van der Waals surface area (Å²) in [5, 5.41) is 13.1. The monoisotopic (exact) mass is 306 g/mol. The average molecular weight is 306 g/mol. The summed E-state index contributed by atoms with van der Waals surface area (Å²) in [5.74, 6) is -1.33. The van der Waals surface area contributed by atoms with E-state index >= 15 is 0 Å². The van der Waals surface area contributed by atoms with Crippen LogP contribution >= 0.6 is 0 Å². The van der Waals surface area contributed by atoms with Crippen molar-refractivity contribution < 1.29 is 14.5 Å². The number of aromatic nitrogens is 4. The van der Waals surface area contributed by atoms with E-state index in [2.05, 4.69) is 15.1 Å². The van der Waals surface area contributed by atoms with Crippen LogP contribution in [-0.2, 0) is 11.2 Å². The van der Waals surface area contributed by atoms with Gasteiger partial charge in [0.05, 0.1) is 5.52 Å². The van der Waals surface area contributed by atoms with Crippen molar-refractivity contribution in [1.29, 1.82) is 0 Å². The summed E-state index contributed by atoms with van der Waals surface area (Å²) in [6, 6.07) is 4.90. The molecule has 0 bridgehead atoms. The lowest BCUT2D eigenvalue weighted by molar-refractivity contribution is 0.0684. The van der Waals surface area contributed by atoms with Gasteiger partial charge in [0.25, 0.3) is 5.82 Å². The minimum Gasteiger partial charge on any atom is -0.611 e. The van der Waals surface area contributed by atoms with Crippen molar-refractivity contribution in [3.8, 4) is 0 Å². The number of hydrogen-bond acceptors (Lipinski definition) is 5. The van der Waals surface area contributed by atoms with Gasteiger partial charge in [-0.25, -0.2) is 14.6 Å². The van der Waals surface area contributed by atoms with Crippen molar-refractivity contribution in [2.45, 2.75) is 11.8 Å². The third-order valence-corrected chi connectivity index (χ3v) is 4.29. The molecule has 0 fully saturated rings. The zero-order valence-electron chi connectivity index (χ0n) is 10.9. The molecule has 0 amide bonds. The fourth-order valence-electron chi connectivity index (χ4n) is 2.01. The molecule has 1 unspecified atom stereocenters. The highest BCUT2D eigenvalue weighted by Gasteiger charge is 2.17. The first-order valence-electron chi connectivity index (χ1n) is 6.05. The number of nitrogens with zero attached hydrogens (tertiary/aromatic N) is 3. The largest absolute Gasteiger partial charge is 0.611 e. The second-order valence-electron chi connectivity index (χ2n) is 4.25. The Morgan fingerprint density at radius 2 is 2.29 bits per heavy atom. The molecule has 0 spiro atoms. The van der Waals surface area contributed by atoms with Gasteiger partial charge in [0.15, 0.2) is 10.5 Å². The molecule has 108 valence electrons. The second kappa shape index (κ2) is 4.86. The van der Waals surface area contributed by atoms with Crippen molar-refractivity contribution >= 4 is 33.7 Å². The molecule has 0 saturated carbocycles. The summed E-state index contributed by atoms with van der Waals surface area (Å²) in [5.41, 5.74) is 0.0247. The minimum atomic E-state index is -1.32. The molecule has 0 aliphatic rings. The van der Waals surface area contributed by atoms with Crippen molar-refractivity contribution in [3.05, 3.63) is 34.5 Å². The lowest BCUT2D eigenvalue weighted by Gasteiger charge is -2.08. The molecular formula is C12H10N4O4S. The lowest BCUT2D eigenvalue weighted by atomic mass is 10.2. The van der Waals surface area contributed by atoms with Crippen LogP contribution in [0.15, 0.2) is 27.9 Å². The normalized spacial score (nSPS) is 12.9. The number of hydrogen-bond donors (Lipinski definition) is 2. The first kappa shape index (κ1) is 13.6. The molecule has 0 radical (unpaired) electrons. The fraction of sp³-hybridized carbons (Fsp3) is 0.167. The fourth-order valence-corrected chi connectivity index (χ4v) is 2.81. The van der Waals surface area contributed by atoms with Crippen LogP contribution < -0.4 is 5.69 Å². The number of H-pyrrole nitrogens is 1. The Kier molecular flexibility index (Phi) is 3.15. The zero-order valence-corrected chi connectivity index (χ0v) is 11.7. The summed E-state index contributed by atoms with van der Waals surface area (Å²) < 4.78 is 12.8. The van der Waals surface area contributed by atoms with E-state index in [0.29, 0.717) is 21.6 Å². The van der Waals surface area contributed by atoms with E-state index in [1.807, 2.05) is 0 Å². The van der Waals surface area contributed by atoms with Gasteiger partial charge in [-0.15, -0.1) is 5.10 Å². The Balaban J connectivity index is 2.38. The van der Waals surface area contributed by atoms with Gasteiger partial charge in [-0.05, 0) is 30.2 Å². The predicted octanol–water partition coefficient (Wildman–Crippen LogP) is 0.396. The van der Waals surface area contributed by atoms with Crippen LogP contribution in [0.4, 0.5) is 0 Å².